The lowest BCUT2D eigenvalue weighted by Crippen LogP contribution is -2.36. The van der Waals surface area contributed by atoms with Crippen LogP contribution >= 0.6 is 11.8 Å². The molecule has 0 bridgehead atoms. The lowest BCUT2D eigenvalue weighted by molar-refractivity contribution is -0.763. The van der Waals surface area contributed by atoms with E-state index in [-0.39, 0.29) is 5.91 Å². The summed E-state index contributed by atoms with van der Waals surface area (Å²) in [5, 5.41) is 6.45. The Morgan fingerprint density at radius 3 is 3.00 bits per heavy atom. The maximum absolute atomic E-state index is 11.8. The number of amides is 1. The van der Waals surface area contributed by atoms with Crippen molar-refractivity contribution in [1.29, 1.82) is 0 Å². The van der Waals surface area contributed by atoms with E-state index in [0.717, 1.165) is 5.75 Å². The number of nitrogens with one attached hydrogen (secondary N) is 1. The predicted octanol–water partition coefficient (Wildman–Crippen LogP) is 1.48. The molecule has 0 radical (unpaired) electrons. The smallest absolute Gasteiger partial charge is 0.302 e. The Bertz CT molecular complexity index is 560. The van der Waals surface area contributed by atoms with Gasteiger partial charge in [-0.25, -0.2) is 0 Å². The Morgan fingerprint density at radius 2 is 2.24 bits per heavy atom. The first-order valence-corrected chi connectivity index (χ1v) is 7.70. The van der Waals surface area contributed by atoms with Crippen molar-refractivity contribution in [3.8, 4) is 0 Å². The number of carbonyl (C=O) groups excluding carboxylic acids is 1. The number of benzene rings is 1. The molecule has 1 amide bonds. The number of nitrogens with zero attached hydrogens (tertiary/aromatic N) is 2. The van der Waals surface area contributed by atoms with Crippen molar-refractivity contribution in [3.05, 3.63) is 42.1 Å². The molecule has 2 aromatic rings. The molecule has 0 aliphatic rings. The SMILES string of the molecule is COCC[n+]1cc(NC(=O)CSCc2ccccc2)on1. The van der Waals surface area contributed by atoms with Crippen LogP contribution in [0.5, 0.6) is 0 Å². The number of thioether (sulfide) groups is 1. The first kappa shape index (κ1) is 15.5. The van der Waals surface area contributed by atoms with Crippen LogP contribution in [0, 0.1) is 0 Å². The van der Waals surface area contributed by atoms with Crippen LogP contribution in [0.1, 0.15) is 5.56 Å². The molecule has 0 aliphatic heterocycles. The van der Waals surface area contributed by atoms with E-state index in [0.29, 0.717) is 24.8 Å². The third-order valence-corrected chi connectivity index (χ3v) is 3.65. The summed E-state index contributed by atoms with van der Waals surface area (Å²) in [5.74, 6) is 1.41. The standard InChI is InChI=1S/C14H17N3O3S/c1-19-8-7-17-9-14(20-16-17)15-13(18)11-21-10-12-5-3-2-4-6-12/h2-6,9H,7-8,10-11H2,1H3/p+1. The van der Waals surface area contributed by atoms with Crippen LogP contribution in [0.2, 0.25) is 0 Å². The Hall–Kier alpha value is -1.86. The minimum absolute atomic E-state index is 0.106. The summed E-state index contributed by atoms with van der Waals surface area (Å²) in [6, 6.07) is 10.0. The second kappa shape index (κ2) is 8.43. The van der Waals surface area contributed by atoms with Gasteiger partial charge in [-0.1, -0.05) is 30.3 Å². The second-order valence-corrected chi connectivity index (χ2v) is 5.33. The highest BCUT2D eigenvalue weighted by molar-refractivity contribution is 7.99. The van der Waals surface area contributed by atoms with Gasteiger partial charge in [-0.15, -0.1) is 11.8 Å². The van der Waals surface area contributed by atoms with E-state index in [2.05, 4.69) is 10.6 Å². The van der Waals surface area contributed by atoms with Gasteiger partial charge >= 0.3 is 5.88 Å². The number of rotatable bonds is 8. The molecule has 2 rings (SSSR count). The highest BCUT2D eigenvalue weighted by Crippen LogP contribution is 2.12. The molecular weight excluding hydrogens is 290 g/mol. The van der Waals surface area contributed by atoms with E-state index in [4.69, 9.17) is 9.26 Å². The third kappa shape index (κ3) is 5.57. The fraction of sp³-hybridized carbons (Fsp3) is 0.357. The summed E-state index contributed by atoms with van der Waals surface area (Å²) in [6.45, 7) is 1.12. The molecule has 112 valence electrons. The quantitative estimate of drug-likeness (QED) is 0.748. The molecule has 0 saturated carbocycles. The van der Waals surface area contributed by atoms with Gasteiger partial charge in [0.2, 0.25) is 17.7 Å². The van der Waals surface area contributed by atoms with Crippen LogP contribution in [-0.4, -0.2) is 30.6 Å². The van der Waals surface area contributed by atoms with E-state index in [1.165, 1.54) is 5.56 Å². The van der Waals surface area contributed by atoms with Crippen LogP contribution in [0.25, 0.3) is 0 Å². The number of ether oxygens (including phenoxy) is 1. The Morgan fingerprint density at radius 1 is 1.43 bits per heavy atom. The maximum atomic E-state index is 11.8. The van der Waals surface area contributed by atoms with Crippen molar-refractivity contribution in [3.63, 3.8) is 0 Å². The lowest BCUT2D eigenvalue weighted by atomic mass is 10.2. The number of hydrogen-bond donors (Lipinski definition) is 1. The highest BCUT2D eigenvalue weighted by Gasteiger charge is 2.13. The van der Waals surface area contributed by atoms with Crippen LogP contribution in [0.3, 0.4) is 0 Å². The first-order chi connectivity index (χ1) is 10.3. The summed E-state index contributed by atoms with van der Waals surface area (Å²) >= 11 is 1.55. The van der Waals surface area contributed by atoms with Crippen LogP contribution < -0.4 is 10.00 Å². The average molecular weight is 308 g/mol. The summed E-state index contributed by atoms with van der Waals surface area (Å²) in [7, 11) is 1.62. The Kier molecular flexibility index (Phi) is 6.23. The molecule has 21 heavy (non-hydrogen) atoms. The Labute approximate surface area is 127 Å². The van der Waals surface area contributed by atoms with Gasteiger partial charge in [0.25, 0.3) is 6.20 Å². The summed E-state index contributed by atoms with van der Waals surface area (Å²) in [6.07, 6.45) is 1.64. The van der Waals surface area contributed by atoms with Gasteiger partial charge in [0.15, 0.2) is 0 Å². The van der Waals surface area contributed by atoms with E-state index in [1.54, 1.807) is 29.8 Å². The molecule has 1 heterocycles. The molecule has 0 spiro atoms. The number of aromatic nitrogens is 2. The molecule has 0 saturated heterocycles. The van der Waals surface area contributed by atoms with Gasteiger partial charge < -0.3 is 4.74 Å². The van der Waals surface area contributed by atoms with Crippen molar-refractivity contribution in [2.24, 2.45) is 0 Å². The highest BCUT2D eigenvalue weighted by atomic mass is 32.2. The van der Waals surface area contributed by atoms with Gasteiger partial charge in [-0.05, 0) is 10.2 Å². The van der Waals surface area contributed by atoms with Gasteiger partial charge in [0, 0.05) is 12.9 Å². The molecule has 0 unspecified atom stereocenters. The van der Waals surface area contributed by atoms with E-state index < -0.39 is 0 Å². The fourth-order valence-corrected chi connectivity index (χ4v) is 2.42. The van der Waals surface area contributed by atoms with Crippen molar-refractivity contribution >= 4 is 23.6 Å². The molecule has 6 nitrogen and oxygen atoms in total. The van der Waals surface area contributed by atoms with E-state index in [1.807, 2.05) is 30.3 Å². The number of anilines is 1. The molecule has 0 fully saturated rings. The summed E-state index contributed by atoms with van der Waals surface area (Å²) in [4.78, 5) is 11.8. The van der Waals surface area contributed by atoms with Crippen molar-refractivity contribution < 1.29 is 18.7 Å². The van der Waals surface area contributed by atoms with Crippen LogP contribution in [0.15, 0.2) is 41.1 Å². The van der Waals surface area contributed by atoms with Crippen molar-refractivity contribution in [2.75, 3.05) is 24.8 Å². The van der Waals surface area contributed by atoms with Crippen molar-refractivity contribution in [2.45, 2.75) is 12.3 Å². The van der Waals surface area contributed by atoms with Gasteiger partial charge in [0.1, 0.15) is 6.61 Å². The summed E-state index contributed by atoms with van der Waals surface area (Å²) < 4.78 is 11.5. The zero-order valence-electron chi connectivity index (χ0n) is 11.8. The molecule has 0 atom stereocenters. The first-order valence-electron chi connectivity index (χ1n) is 6.55. The molecule has 7 heteroatoms. The minimum atomic E-state index is -0.106. The van der Waals surface area contributed by atoms with E-state index >= 15 is 0 Å². The third-order valence-electron chi connectivity index (χ3n) is 2.64. The van der Waals surface area contributed by atoms with Crippen molar-refractivity contribution in [1.82, 2.24) is 5.27 Å². The zero-order valence-corrected chi connectivity index (χ0v) is 12.6. The average Bonchev–Trinajstić information content (AvgIpc) is 2.93. The second-order valence-electron chi connectivity index (χ2n) is 4.35. The van der Waals surface area contributed by atoms with Gasteiger partial charge in [0.05, 0.1) is 5.75 Å². The molecule has 1 aromatic heterocycles. The molecule has 1 N–H and O–H groups in total. The topological polar surface area (TPSA) is 68.2 Å². The monoisotopic (exact) mass is 308 g/mol. The predicted molar refractivity (Wildman–Crippen MR) is 79.8 cm³/mol. The summed E-state index contributed by atoms with van der Waals surface area (Å²) in [5.41, 5.74) is 1.20. The minimum Gasteiger partial charge on any atom is -0.378 e. The fourth-order valence-electron chi connectivity index (χ4n) is 1.63. The van der Waals surface area contributed by atoms with E-state index in [9.17, 15) is 4.79 Å². The van der Waals surface area contributed by atoms with Crippen LogP contribution in [-0.2, 0) is 21.8 Å². The van der Waals surface area contributed by atoms with Crippen LogP contribution in [0.4, 0.5) is 5.88 Å². The molecule has 1 aromatic carbocycles. The van der Waals surface area contributed by atoms with Gasteiger partial charge in [-0.3, -0.25) is 14.6 Å². The Balaban J connectivity index is 1.70. The largest absolute Gasteiger partial charge is 0.378 e. The molecule has 0 aliphatic carbocycles. The normalized spacial score (nSPS) is 10.5. The number of methoxy groups -OCH3 is 1. The number of hydrogen-bond acceptors (Lipinski definition) is 5. The molecular formula is C14H18N3O3S+. The lowest BCUT2D eigenvalue weighted by Gasteiger charge is -2.01. The van der Waals surface area contributed by atoms with Gasteiger partial charge in [-0.2, -0.15) is 0 Å². The number of carbonyl (C=O) groups is 1. The maximum Gasteiger partial charge on any atom is 0.302 e. The zero-order chi connectivity index (χ0) is 14.9.